The number of nitrogens with one attached hydrogen (secondary N) is 2. The van der Waals surface area contributed by atoms with Crippen molar-refractivity contribution in [3.63, 3.8) is 0 Å². The van der Waals surface area contributed by atoms with E-state index in [-0.39, 0.29) is 22.7 Å². The number of methoxy groups -OCH3 is 6. The second kappa shape index (κ2) is 19.4. The lowest BCUT2D eigenvalue weighted by molar-refractivity contribution is -0.131. The Bertz CT molecular complexity index is 2340. The molecule has 0 bridgehead atoms. The first-order chi connectivity index (χ1) is 30.0. The van der Waals surface area contributed by atoms with Gasteiger partial charge in [-0.1, -0.05) is 18.6 Å². The molecule has 2 amide bonds. The Kier molecular flexibility index (Phi) is 14.0. The topological polar surface area (TPSA) is 148 Å². The fourth-order valence-corrected chi connectivity index (χ4v) is 10.4. The highest BCUT2D eigenvalue weighted by Gasteiger charge is 2.36. The van der Waals surface area contributed by atoms with Gasteiger partial charge in [-0.25, -0.2) is 0 Å². The summed E-state index contributed by atoms with van der Waals surface area (Å²) >= 11 is 2.73. The second-order valence-corrected chi connectivity index (χ2v) is 17.4. The van der Waals surface area contributed by atoms with Gasteiger partial charge in [0.1, 0.15) is 0 Å². The molecule has 2 unspecified atom stereocenters. The average Bonchev–Trinajstić information content (AvgIpc) is 3.69. The second-order valence-electron chi connectivity index (χ2n) is 15.7. The highest BCUT2D eigenvalue weighted by Crippen LogP contribution is 2.52. The molecule has 3 aliphatic carbocycles. The summed E-state index contributed by atoms with van der Waals surface area (Å²) in [5.74, 6) is 1.73. The molecule has 12 nitrogen and oxygen atoms in total. The largest absolute Gasteiger partial charge is 0.493 e. The minimum absolute atomic E-state index is 0.141. The van der Waals surface area contributed by atoms with Crippen LogP contribution in [0, 0.1) is 11.8 Å². The predicted molar refractivity (Wildman–Crippen MR) is 243 cm³/mol. The number of carbonyl (C=O) groups excluding carboxylic acids is 2. The lowest BCUT2D eigenvalue weighted by Crippen LogP contribution is -2.41. The van der Waals surface area contributed by atoms with Crippen LogP contribution < -0.4 is 49.9 Å². The van der Waals surface area contributed by atoms with Crippen LogP contribution in [0.1, 0.15) is 72.9 Å². The number of benzene rings is 2. The van der Waals surface area contributed by atoms with Gasteiger partial charge in [0.25, 0.3) is 0 Å². The van der Waals surface area contributed by atoms with Gasteiger partial charge in [0, 0.05) is 23.0 Å². The van der Waals surface area contributed by atoms with E-state index in [1.807, 2.05) is 48.9 Å². The summed E-state index contributed by atoms with van der Waals surface area (Å²) in [4.78, 5) is 57.1. The van der Waals surface area contributed by atoms with Crippen molar-refractivity contribution in [2.24, 2.45) is 11.8 Å². The van der Waals surface area contributed by atoms with Crippen molar-refractivity contribution in [3.05, 3.63) is 91.2 Å². The van der Waals surface area contributed by atoms with E-state index in [0.717, 1.165) is 33.4 Å². The molecule has 3 aliphatic rings. The van der Waals surface area contributed by atoms with Crippen LogP contribution in [0.2, 0.25) is 0 Å². The van der Waals surface area contributed by atoms with E-state index < -0.39 is 23.9 Å². The fourth-order valence-electron chi connectivity index (χ4n) is 9.48. The summed E-state index contributed by atoms with van der Waals surface area (Å²) in [6.45, 7) is 0. The van der Waals surface area contributed by atoms with Gasteiger partial charge in [-0.2, -0.15) is 0 Å². The first kappa shape index (κ1) is 44.7. The normalized spacial score (nSPS) is 18.8. The van der Waals surface area contributed by atoms with Crippen LogP contribution in [0.5, 0.6) is 34.5 Å². The van der Waals surface area contributed by atoms with E-state index in [9.17, 15) is 19.2 Å². The zero-order chi connectivity index (χ0) is 44.2. The number of ether oxygens (including phenoxy) is 6. The summed E-state index contributed by atoms with van der Waals surface area (Å²) < 4.78 is 34.8. The number of rotatable bonds is 12. The van der Waals surface area contributed by atoms with E-state index in [2.05, 4.69) is 10.6 Å². The van der Waals surface area contributed by atoms with Crippen molar-refractivity contribution in [1.82, 2.24) is 10.6 Å². The molecule has 0 saturated heterocycles. The molecule has 14 heteroatoms. The van der Waals surface area contributed by atoms with Crippen LogP contribution in [-0.2, 0) is 22.4 Å². The van der Waals surface area contributed by atoms with E-state index >= 15 is 0 Å². The van der Waals surface area contributed by atoms with Crippen molar-refractivity contribution in [1.29, 1.82) is 0 Å². The third-order valence-corrected chi connectivity index (χ3v) is 14.0. The lowest BCUT2D eigenvalue weighted by atomic mass is 9.80. The maximum absolute atomic E-state index is 14.4. The lowest BCUT2D eigenvalue weighted by Gasteiger charge is -2.30. The van der Waals surface area contributed by atoms with Gasteiger partial charge in [0.05, 0.1) is 64.5 Å². The van der Waals surface area contributed by atoms with Crippen LogP contribution in [0.3, 0.4) is 0 Å². The molecule has 4 aromatic carbocycles. The molecule has 0 radical (unpaired) electrons. The third-order valence-electron chi connectivity index (χ3n) is 12.5. The molecule has 1 fully saturated rings. The predicted octanol–water partition coefficient (Wildman–Crippen LogP) is 7.95. The average molecular weight is 883 g/mol. The van der Waals surface area contributed by atoms with Crippen LogP contribution in [0.15, 0.2) is 67.9 Å². The maximum Gasteiger partial charge on any atom is 0.223 e. The Hall–Kier alpha value is -5.34. The first-order valence-electron chi connectivity index (χ1n) is 20.7. The van der Waals surface area contributed by atoms with E-state index in [1.165, 1.54) is 23.5 Å². The molecule has 7 rings (SSSR count). The molecular weight excluding hydrogens is 829 g/mol. The standard InChI is InChI=1S/C48H54N2O10S2/c1-55-37-21-25-12-16-33(31-23-35(51)39(61-7)18-14-29(31)41(25)45(59-5)43(37)57-3)49-47(53)27-10-9-11-28(20-27)48(54)50-34-17-13-26-22-38(56-2)44(58-4)46(60-6)42(26)30-15-19-40(62-8)36(52)24-32(30)34/h14-15,18-19,21-24,27-28,33-34H,9-13,16-17,20H2,1-8H3,(H,49,53)(H,50,54)/t27?,28?,33-,34-/m0/s1. The molecule has 0 aromatic heterocycles. The third kappa shape index (κ3) is 8.43. The molecule has 0 spiro atoms. The smallest absolute Gasteiger partial charge is 0.223 e. The molecular formula is C48H54N2O10S2. The van der Waals surface area contributed by atoms with E-state index in [0.29, 0.717) is 107 Å². The Balaban J connectivity index is 1.17. The van der Waals surface area contributed by atoms with Gasteiger partial charge in [0.2, 0.25) is 23.3 Å². The zero-order valence-electron chi connectivity index (χ0n) is 36.5. The van der Waals surface area contributed by atoms with Gasteiger partial charge in [-0.05, 0) is 127 Å². The van der Waals surface area contributed by atoms with Gasteiger partial charge < -0.3 is 39.1 Å². The number of amides is 2. The molecule has 0 aliphatic heterocycles. The van der Waals surface area contributed by atoms with E-state index in [4.69, 9.17) is 28.4 Å². The molecule has 62 heavy (non-hydrogen) atoms. The number of aryl methyl sites for hydroxylation is 2. The minimum Gasteiger partial charge on any atom is -0.493 e. The van der Waals surface area contributed by atoms with Crippen LogP contribution >= 0.6 is 23.5 Å². The van der Waals surface area contributed by atoms with Gasteiger partial charge in [-0.15, -0.1) is 23.5 Å². The molecule has 328 valence electrons. The summed E-state index contributed by atoms with van der Waals surface area (Å²) in [6.07, 6.45) is 8.19. The maximum atomic E-state index is 14.4. The van der Waals surface area contributed by atoms with Crippen molar-refractivity contribution >= 4 is 35.3 Å². The molecule has 0 heterocycles. The highest BCUT2D eigenvalue weighted by molar-refractivity contribution is 7.98. The SMILES string of the molecule is COc1cc2c(c(OC)c1OC)-c1ccc(SC)c(=O)cc1[C@@H](NC(=O)C1CCCC(C(=O)N[C@H]3CCc4cc(OC)c(OC)c(OC)c4-c4ccc(SC)c(=O)cc43)C1)CC2. The van der Waals surface area contributed by atoms with Crippen molar-refractivity contribution < 1.29 is 38.0 Å². The Morgan fingerprint density at radius 3 is 1.31 bits per heavy atom. The number of fused-ring (bicyclic) bond motifs is 6. The minimum atomic E-state index is -0.498. The quantitative estimate of drug-likeness (QED) is 0.133. The summed E-state index contributed by atoms with van der Waals surface area (Å²) in [5.41, 5.74) is 6.08. The van der Waals surface area contributed by atoms with Gasteiger partial charge in [-0.3, -0.25) is 19.2 Å². The zero-order valence-corrected chi connectivity index (χ0v) is 38.1. The van der Waals surface area contributed by atoms with Gasteiger partial charge >= 0.3 is 0 Å². The number of thioether (sulfide) groups is 2. The molecule has 2 N–H and O–H groups in total. The molecule has 4 aromatic rings. The number of hydrogen-bond acceptors (Lipinski definition) is 12. The first-order valence-corrected chi connectivity index (χ1v) is 23.2. The van der Waals surface area contributed by atoms with Crippen LogP contribution in [0.25, 0.3) is 22.3 Å². The highest BCUT2D eigenvalue weighted by atomic mass is 32.2. The summed E-state index contributed by atoms with van der Waals surface area (Å²) in [7, 11) is 9.43. The summed E-state index contributed by atoms with van der Waals surface area (Å²) in [6, 6.07) is 13.6. The fraction of sp³-hybridized carbons (Fsp3) is 0.417. The van der Waals surface area contributed by atoms with Crippen LogP contribution in [0.4, 0.5) is 0 Å². The van der Waals surface area contributed by atoms with E-state index in [1.54, 1.807) is 54.8 Å². The van der Waals surface area contributed by atoms with Crippen molar-refractivity contribution in [3.8, 4) is 56.8 Å². The Labute approximate surface area is 370 Å². The summed E-state index contributed by atoms with van der Waals surface area (Å²) in [5, 5.41) is 6.65. The monoisotopic (exact) mass is 882 g/mol. The van der Waals surface area contributed by atoms with Crippen LogP contribution in [-0.4, -0.2) is 67.0 Å². The van der Waals surface area contributed by atoms with Gasteiger partial charge in [0.15, 0.2) is 33.9 Å². The Morgan fingerprint density at radius 1 is 0.548 bits per heavy atom. The molecule has 4 atom stereocenters. The number of hydrogen-bond donors (Lipinski definition) is 2. The van der Waals surface area contributed by atoms with Crippen molar-refractivity contribution in [2.45, 2.75) is 73.2 Å². The Morgan fingerprint density at radius 2 is 0.952 bits per heavy atom. The molecule has 1 saturated carbocycles. The number of carbonyl (C=O) groups is 2. The van der Waals surface area contributed by atoms with Crippen molar-refractivity contribution in [2.75, 3.05) is 55.2 Å².